The predicted molar refractivity (Wildman–Crippen MR) is 52.3 cm³/mol. The Kier molecular flexibility index (Phi) is 2.26. The number of nitrogens with zero attached hydrogens (tertiary/aromatic N) is 2. The van der Waals surface area contributed by atoms with Crippen molar-refractivity contribution in [3.05, 3.63) is 30.2 Å². The SMILES string of the molecule is CCOC(=O)N1C=Cc2cccn2C1. The Morgan fingerprint density at radius 1 is 1.64 bits per heavy atom. The van der Waals surface area contributed by atoms with Crippen LogP contribution in [0.25, 0.3) is 6.08 Å². The minimum absolute atomic E-state index is 0.303. The minimum Gasteiger partial charge on any atom is -0.449 e. The summed E-state index contributed by atoms with van der Waals surface area (Å²) in [5, 5.41) is 0. The van der Waals surface area contributed by atoms with Crippen LogP contribution < -0.4 is 0 Å². The van der Waals surface area contributed by atoms with Crippen LogP contribution in [0.5, 0.6) is 0 Å². The highest BCUT2D eigenvalue weighted by atomic mass is 16.6. The first-order valence-electron chi connectivity index (χ1n) is 4.58. The Hall–Kier alpha value is -1.71. The normalized spacial score (nSPS) is 13.9. The van der Waals surface area contributed by atoms with Crippen LogP contribution in [0.2, 0.25) is 0 Å². The zero-order chi connectivity index (χ0) is 9.97. The van der Waals surface area contributed by atoms with E-state index in [2.05, 4.69) is 0 Å². The maximum Gasteiger partial charge on any atom is 0.415 e. The Bertz CT molecular complexity index is 368. The third kappa shape index (κ3) is 1.51. The Morgan fingerprint density at radius 2 is 2.50 bits per heavy atom. The van der Waals surface area contributed by atoms with Crippen molar-refractivity contribution in [2.75, 3.05) is 6.61 Å². The van der Waals surface area contributed by atoms with E-state index in [1.165, 1.54) is 4.90 Å². The zero-order valence-electron chi connectivity index (χ0n) is 8.01. The number of hydrogen-bond donors (Lipinski definition) is 0. The Labute approximate surface area is 82.4 Å². The monoisotopic (exact) mass is 192 g/mol. The van der Waals surface area contributed by atoms with Gasteiger partial charge in [0.25, 0.3) is 0 Å². The van der Waals surface area contributed by atoms with Gasteiger partial charge in [0, 0.05) is 18.1 Å². The van der Waals surface area contributed by atoms with Gasteiger partial charge in [-0.1, -0.05) is 0 Å². The number of carbonyl (C=O) groups is 1. The number of amides is 1. The molecule has 2 heterocycles. The molecule has 0 aromatic carbocycles. The molecule has 0 bridgehead atoms. The first kappa shape index (κ1) is 8.87. The van der Waals surface area contributed by atoms with E-state index in [-0.39, 0.29) is 6.09 Å². The van der Waals surface area contributed by atoms with Gasteiger partial charge >= 0.3 is 6.09 Å². The predicted octanol–water partition coefficient (Wildman–Crippen LogP) is 1.89. The zero-order valence-corrected chi connectivity index (χ0v) is 8.01. The van der Waals surface area contributed by atoms with Gasteiger partial charge in [0.05, 0.1) is 6.61 Å². The lowest BCUT2D eigenvalue weighted by atomic mass is 10.4. The lowest BCUT2D eigenvalue weighted by molar-refractivity contribution is 0.113. The van der Waals surface area contributed by atoms with Crippen molar-refractivity contribution >= 4 is 12.2 Å². The van der Waals surface area contributed by atoms with Crippen molar-refractivity contribution in [2.24, 2.45) is 0 Å². The molecule has 74 valence electrons. The molecule has 1 amide bonds. The summed E-state index contributed by atoms with van der Waals surface area (Å²) in [7, 11) is 0. The third-order valence-corrected chi connectivity index (χ3v) is 2.10. The number of hydrogen-bond acceptors (Lipinski definition) is 2. The maximum atomic E-state index is 11.4. The van der Waals surface area contributed by atoms with Gasteiger partial charge in [-0.25, -0.2) is 4.79 Å². The van der Waals surface area contributed by atoms with Gasteiger partial charge in [0.15, 0.2) is 0 Å². The van der Waals surface area contributed by atoms with Crippen molar-refractivity contribution in [1.29, 1.82) is 0 Å². The Morgan fingerprint density at radius 3 is 3.29 bits per heavy atom. The molecule has 4 heteroatoms. The van der Waals surface area contributed by atoms with Crippen molar-refractivity contribution in [2.45, 2.75) is 13.6 Å². The summed E-state index contributed by atoms with van der Waals surface area (Å²) >= 11 is 0. The lowest BCUT2D eigenvalue weighted by Gasteiger charge is -2.22. The molecule has 0 aliphatic carbocycles. The summed E-state index contributed by atoms with van der Waals surface area (Å²) in [4.78, 5) is 12.9. The molecule has 0 unspecified atom stereocenters. The van der Waals surface area contributed by atoms with Crippen LogP contribution in [0.3, 0.4) is 0 Å². The molecule has 0 saturated carbocycles. The van der Waals surface area contributed by atoms with Crippen molar-refractivity contribution < 1.29 is 9.53 Å². The molecule has 1 aromatic heterocycles. The van der Waals surface area contributed by atoms with Gasteiger partial charge < -0.3 is 9.30 Å². The minimum atomic E-state index is -0.303. The van der Waals surface area contributed by atoms with Crippen molar-refractivity contribution in [3.63, 3.8) is 0 Å². The van der Waals surface area contributed by atoms with E-state index in [4.69, 9.17) is 4.74 Å². The number of rotatable bonds is 1. The topological polar surface area (TPSA) is 34.5 Å². The molecule has 0 fully saturated rings. The third-order valence-electron chi connectivity index (χ3n) is 2.10. The number of aromatic nitrogens is 1. The first-order valence-corrected chi connectivity index (χ1v) is 4.58. The van der Waals surface area contributed by atoms with Crippen molar-refractivity contribution in [3.8, 4) is 0 Å². The first-order chi connectivity index (χ1) is 6.81. The van der Waals surface area contributed by atoms with Crippen LogP contribution >= 0.6 is 0 Å². The molecular formula is C10H12N2O2. The average molecular weight is 192 g/mol. The van der Waals surface area contributed by atoms with E-state index in [0.717, 1.165) is 5.69 Å². The van der Waals surface area contributed by atoms with E-state index in [0.29, 0.717) is 13.3 Å². The molecule has 0 spiro atoms. The van der Waals surface area contributed by atoms with Crippen LogP contribution in [-0.4, -0.2) is 22.2 Å². The van der Waals surface area contributed by atoms with Gasteiger partial charge in [-0.2, -0.15) is 0 Å². The number of carbonyl (C=O) groups excluding carboxylic acids is 1. The van der Waals surface area contributed by atoms with Crippen LogP contribution in [0.4, 0.5) is 4.79 Å². The average Bonchev–Trinajstić information content (AvgIpc) is 2.64. The summed E-state index contributed by atoms with van der Waals surface area (Å²) in [6.45, 7) is 2.73. The van der Waals surface area contributed by atoms with E-state index >= 15 is 0 Å². The van der Waals surface area contributed by atoms with Crippen LogP contribution in [-0.2, 0) is 11.4 Å². The molecule has 14 heavy (non-hydrogen) atoms. The van der Waals surface area contributed by atoms with Gasteiger partial charge in [-0.05, 0) is 25.1 Å². The van der Waals surface area contributed by atoms with Gasteiger partial charge in [-0.15, -0.1) is 0 Å². The molecule has 2 rings (SSSR count). The summed E-state index contributed by atoms with van der Waals surface area (Å²) in [6, 6.07) is 3.95. The highest BCUT2D eigenvalue weighted by Gasteiger charge is 2.15. The largest absolute Gasteiger partial charge is 0.449 e. The van der Waals surface area contributed by atoms with Gasteiger partial charge in [0.1, 0.15) is 6.67 Å². The van der Waals surface area contributed by atoms with Crippen LogP contribution in [0, 0.1) is 0 Å². The molecule has 1 aliphatic heterocycles. The van der Waals surface area contributed by atoms with Crippen LogP contribution in [0.15, 0.2) is 24.5 Å². The van der Waals surface area contributed by atoms with E-state index in [1.54, 1.807) is 13.1 Å². The summed E-state index contributed by atoms with van der Waals surface area (Å²) in [5.74, 6) is 0. The summed E-state index contributed by atoms with van der Waals surface area (Å²) in [5.41, 5.74) is 1.10. The van der Waals surface area contributed by atoms with E-state index < -0.39 is 0 Å². The molecule has 1 aromatic rings. The maximum absolute atomic E-state index is 11.4. The fraction of sp³-hybridized carbons (Fsp3) is 0.300. The van der Waals surface area contributed by atoms with Gasteiger partial charge in [0.2, 0.25) is 0 Å². The highest BCUT2D eigenvalue weighted by molar-refractivity contribution is 5.70. The van der Waals surface area contributed by atoms with Crippen LogP contribution in [0.1, 0.15) is 12.6 Å². The van der Waals surface area contributed by atoms with E-state index in [9.17, 15) is 4.79 Å². The number of ether oxygens (including phenoxy) is 1. The standard InChI is InChI=1S/C10H12N2O2/c1-2-14-10(13)12-7-5-9-4-3-6-11(9)8-12/h3-7H,2,8H2,1H3. The summed E-state index contributed by atoms with van der Waals surface area (Å²) in [6.07, 6.45) is 5.27. The molecule has 0 N–H and O–H groups in total. The molecule has 0 radical (unpaired) electrons. The second kappa shape index (κ2) is 3.57. The smallest absolute Gasteiger partial charge is 0.415 e. The summed E-state index contributed by atoms with van der Waals surface area (Å²) < 4.78 is 6.88. The second-order valence-corrected chi connectivity index (χ2v) is 3.03. The molecule has 0 atom stereocenters. The van der Waals surface area contributed by atoms with Crippen molar-refractivity contribution in [1.82, 2.24) is 9.47 Å². The molecule has 0 saturated heterocycles. The van der Waals surface area contributed by atoms with Gasteiger partial charge in [-0.3, -0.25) is 4.90 Å². The highest BCUT2D eigenvalue weighted by Crippen LogP contribution is 2.13. The Balaban J connectivity index is 2.10. The fourth-order valence-electron chi connectivity index (χ4n) is 1.41. The van der Waals surface area contributed by atoms with E-state index in [1.807, 2.05) is 29.0 Å². The lowest BCUT2D eigenvalue weighted by Crippen LogP contribution is -2.30. The second-order valence-electron chi connectivity index (χ2n) is 3.03. The molecule has 4 nitrogen and oxygen atoms in total. The number of fused-ring (bicyclic) bond motifs is 1. The fourth-order valence-corrected chi connectivity index (χ4v) is 1.41. The molecule has 1 aliphatic rings. The molecular weight excluding hydrogens is 180 g/mol. The quantitative estimate of drug-likeness (QED) is 0.681.